The molecule has 2 aliphatic rings. The number of para-hydroxylation sites is 1. The number of hydrogen-bond acceptors (Lipinski definition) is 2. The van der Waals surface area contributed by atoms with Gasteiger partial charge in [-0.3, -0.25) is 9.69 Å². The van der Waals surface area contributed by atoms with Crippen molar-refractivity contribution in [2.75, 3.05) is 31.1 Å². The van der Waals surface area contributed by atoms with Crippen LogP contribution in [0.15, 0.2) is 24.3 Å². The molecule has 0 aliphatic carbocycles. The fourth-order valence-electron chi connectivity index (χ4n) is 2.59. The third-order valence-corrected chi connectivity index (χ3v) is 3.46. The molecule has 0 saturated carbocycles. The molecule has 2 aliphatic heterocycles. The lowest BCUT2D eigenvalue weighted by Crippen LogP contribution is -2.58. The van der Waals surface area contributed by atoms with Crippen LogP contribution < -0.4 is 4.90 Å². The number of amides is 1. The molecule has 0 bridgehead atoms. The lowest BCUT2D eigenvalue weighted by atomic mass is 10.1. The van der Waals surface area contributed by atoms with Crippen LogP contribution in [0.25, 0.3) is 0 Å². The van der Waals surface area contributed by atoms with E-state index in [9.17, 15) is 13.6 Å². The van der Waals surface area contributed by atoms with Gasteiger partial charge in [0.15, 0.2) is 0 Å². The summed E-state index contributed by atoms with van der Waals surface area (Å²) in [6, 6.07) is 7.75. The van der Waals surface area contributed by atoms with E-state index in [0.717, 1.165) is 17.7 Å². The van der Waals surface area contributed by atoms with E-state index >= 15 is 0 Å². The molecule has 0 unspecified atom stereocenters. The smallest absolute Gasteiger partial charge is 0.272 e. The number of likely N-dealkylation sites (tertiary alicyclic amines) is 1. The highest BCUT2D eigenvalue weighted by Gasteiger charge is 2.44. The summed E-state index contributed by atoms with van der Waals surface area (Å²) >= 11 is 0. The Morgan fingerprint density at radius 3 is 2.72 bits per heavy atom. The number of halogens is 2. The molecule has 0 N–H and O–H groups in total. The third-order valence-electron chi connectivity index (χ3n) is 3.46. The Balaban J connectivity index is 1.65. The van der Waals surface area contributed by atoms with Crippen LogP contribution >= 0.6 is 0 Å². The Kier molecular flexibility index (Phi) is 2.59. The van der Waals surface area contributed by atoms with Crippen molar-refractivity contribution in [3.8, 4) is 0 Å². The average Bonchev–Trinajstić information content (AvgIpc) is 2.70. The number of rotatable bonds is 2. The number of anilines is 1. The minimum atomic E-state index is -2.61. The fraction of sp³-hybridized carbons (Fsp3) is 0.462. The highest BCUT2D eigenvalue weighted by Crippen LogP contribution is 2.29. The Labute approximate surface area is 104 Å². The Morgan fingerprint density at radius 2 is 2.00 bits per heavy atom. The highest BCUT2D eigenvalue weighted by molar-refractivity contribution is 5.96. The molecule has 5 heteroatoms. The van der Waals surface area contributed by atoms with Crippen molar-refractivity contribution >= 4 is 11.6 Å². The molecule has 0 atom stereocenters. The largest absolute Gasteiger partial charge is 0.311 e. The molecule has 3 nitrogen and oxygen atoms in total. The van der Waals surface area contributed by atoms with Crippen LogP contribution in [0.1, 0.15) is 5.56 Å². The Bertz CT molecular complexity index is 482. The van der Waals surface area contributed by atoms with Gasteiger partial charge in [0.05, 0.1) is 19.6 Å². The zero-order valence-corrected chi connectivity index (χ0v) is 9.90. The summed E-state index contributed by atoms with van der Waals surface area (Å²) in [6.45, 7) is 0.148. The van der Waals surface area contributed by atoms with Gasteiger partial charge >= 0.3 is 0 Å². The molecular weight excluding hydrogens is 238 g/mol. The number of alkyl halides is 2. The van der Waals surface area contributed by atoms with Gasteiger partial charge in [0.1, 0.15) is 0 Å². The topological polar surface area (TPSA) is 23.6 Å². The molecule has 3 rings (SSSR count). The maximum Gasteiger partial charge on any atom is 0.272 e. The van der Waals surface area contributed by atoms with Gasteiger partial charge in [-0.15, -0.1) is 0 Å². The summed E-state index contributed by atoms with van der Waals surface area (Å²) in [6.07, 6.45) is 0.845. The molecule has 0 spiro atoms. The van der Waals surface area contributed by atoms with E-state index in [0.29, 0.717) is 6.54 Å². The van der Waals surface area contributed by atoms with Crippen molar-refractivity contribution < 1.29 is 13.6 Å². The minimum absolute atomic E-state index is 0.0872. The molecule has 1 saturated heterocycles. The predicted octanol–water partition coefficient (Wildman–Crippen LogP) is 1.53. The summed E-state index contributed by atoms with van der Waals surface area (Å²) in [5.74, 6) is -2.70. The van der Waals surface area contributed by atoms with Crippen LogP contribution in [0.3, 0.4) is 0 Å². The van der Waals surface area contributed by atoms with Gasteiger partial charge in [0.2, 0.25) is 5.91 Å². The number of carbonyl (C=O) groups excluding carboxylic acids is 1. The molecule has 0 radical (unpaired) electrons. The molecule has 1 fully saturated rings. The van der Waals surface area contributed by atoms with Gasteiger partial charge < -0.3 is 4.90 Å². The molecule has 2 heterocycles. The standard InChI is InChI=1S/C13H14F2N2O/c14-13(15)8-16(9-13)7-12(18)17-6-5-10-3-1-2-4-11(10)17/h1-4H,5-9H2. The van der Waals surface area contributed by atoms with E-state index in [1.165, 1.54) is 4.90 Å². The molecule has 1 aromatic carbocycles. The molecule has 1 amide bonds. The first-order valence-corrected chi connectivity index (χ1v) is 6.04. The number of carbonyl (C=O) groups is 1. The van der Waals surface area contributed by atoms with Crippen molar-refractivity contribution in [1.82, 2.24) is 4.90 Å². The molecule has 0 aromatic heterocycles. The van der Waals surface area contributed by atoms with E-state index < -0.39 is 5.92 Å². The van der Waals surface area contributed by atoms with E-state index in [2.05, 4.69) is 0 Å². The maximum atomic E-state index is 12.7. The van der Waals surface area contributed by atoms with Gasteiger partial charge in [-0.2, -0.15) is 0 Å². The summed E-state index contributed by atoms with van der Waals surface area (Å²) < 4.78 is 25.4. The van der Waals surface area contributed by atoms with E-state index in [4.69, 9.17) is 0 Å². The second-order valence-corrected chi connectivity index (χ2v) is 4.93. The third kappa shape index (κ3) is 1.99. The number of benzene rings is 1. The van der Waals surface area contributed by atoms with Crippen LogP contribution in [0.5, 0.6) is 0 Å². The van der Waals surface area contributed by atoms with E-state index in [-0.39, 0.29) is 25.5 Å². The maximum absolute atomic E-state index is 12.7. The quantitative estimate of drug-likeness (QED) is 0.797. The SMILES string of the molecule is O=C(CN1CC(F)(F)C1)N1CCc2ccccc21. The number of hydrogen-bond donors (Lipinski definition) is 0. The van der Waals surface area contributed by atoms with Crippen LogP contribution in [-0.4, -0.2) is 42.9 Å². The first-order valence-electron chi connectivity index (χ1n) is 6.04. The zero-order chi connectivity index (χ0) is 12.8. The number of fused-ring (bicyclic) bond motifs is 1. The van der Waals surface area contributed by atoms with Gasteiger partial charge in [0.25, 0.3) is 5.92 Å². The van der Waals surface area contributed by atoms with Crippen molar-refractivity contribution in [3.63, 3.8) is 0 Å². The van der Waals surface area contributed by atoms with Gasteiger partial charge in [-0.1, -0.05) is 18.2 Å². The first-order chi connectivity index (χ1) is 8.55. The van der Waals surface area contributed by atoms with Crippen LogP contribution in [0.4, 0.5) is 14.5 Å². The van der Waals surface area contributed by atoms with Gasteiger partial charge in [-0.25, -0.2) is 8.78 Å². The van der Waals surface area contributed by atoms with Crippen molar-refractivity contribution in [2.24, 2.45) is 0 Å². The van der Waals surface area contributed by atoms with Gasteiger partial charge in [0, 0.05) is 12.2 Å². The molecule has 96 valence electrons. The molecular formula is C13H14F2N2O. The Morgan fingerprint density at radius 1 is 1.28 bits per heavy atom. The number of nitrogens with zero attached hydrogens (tertiary/aromatic N) is 2. The van der Waals surface area contributed by atoms with Crippen molar-refractivity contribution in [3.05, 3.63) is 29.8 Å². The van der Waals surface area contributed by atoms with Crippen molar-refractivity contribution in [1.29, 1.82) is 0 Å². The highest BCUT2D eigenvalue weighted by atomic mass is 19.3. The fourth-order valence-corrected chi connectivity index (χ4v) is 2.59. The monoisotopic (exact) mass is 252 g/mol. The molecule has 1 aromatic rings. The normalized spacial score (nSPS) is 21.6. The summed E-state index contributed by atoms with van der Waals surface area (Å²) in [7, 11) is 0. The zero-order valence-electron chi connectivity index (χ0n) is 9.90. The van der Waals surface area contributed by atoms with Crippen LogP contribution in [0.2, 0.25) is 0 Å². The molecule has 18 heavy (non-hydrogen) atoms. The Hall–Kier alpha value is -1.49. The second kappa shape index (κ2) is 4.02. The van der Waals surface area contributed by atoms with E-state index in [1.807, 2.05) is 24.3 Å². The summed E-state index contributed by atoms with van der Waals surface area (Å²) in [4.78, 5) is 15.3. The van der Waals surface area contributed by atoms with Crippen LogP contribution in [-0.2, 0) is 11.2 Å². The van der Waals surface area contributed by atoms with Gasteiger partial charge in [-0.05, 0) is 18.1 Å². The summed E-state index contributed by atoms with van der Waals surface area (Å²) in [5.41, 5.74) is 2.08. The second-order valence-electron chi connectivity index (χ2n) is 4.93. The van der Waals surface area contributed by atoms with Crippen LogP contribution in [0, 0.1) is 0 Å². The lowest BCUT2D eigenvalue weighted by Gasteiger charge is -2.38. The van der Waals surface area contributed by atoms with E-state index in [1.54, 1.807) is 4.90 Å². The predicted molar refractivity (Wildman–Crippen MR) is 63.9 cm³/mol. The van der Waals surface area contributed by atoms with Crippen molar-refractivity contribution in [2.45, 2.75) is 12.3 Å². The summed E-state index contributed by atoms with van der Waals surface area (Å²) in [5, 5.41) is 0. The average molecular weight is 252 g/mol. The lowest BCUT2D eigenvalue weighted by molar-refractivity contribution is -0.142. The minimum Gasteiger partial charge on any atom is -0.311 e. The first kappa shape index (κ1) is 11.6.